The molecule has 0 aliphatic carbocycles. The van der Waals surface area contributed by atoms with Crippen molar-refractivity contribution >= 4 is 32.4 Å². The van der Waals surface area contributed by atoms with Gasteiger partial charge < -0.3 is 5.32 Å². The minimum absolute atomic E-state index is 0.141. The number of anilines is 2. The molecule has 0 fully saturated rings. The highest BCUT2D eigenvalue weighted by Gasteiger charge is 2.34. The summed E-state index contributed by atoms with van der Waals surface area (Å²) in [5, 5.41) is 3.23. The van der Waals surface area contributed by atoms with Gasteiger partial charge in [-0.2, -0.15) is 13.2 Å². The van der Waals surface area contributed by atoms with Crippen LogP contribution in [0, 0.1) is 5.82 Å². The SMILES string of the molecule is Fc1ccc(Nc2nc3ccccc3s2)cc1C(F)(F)F. The first-order valence-corrected chi connectivity index (χ1v) is 6.74. The van der Waals surface area contributed by atoms with Crippen molar-refractivity contribution in [1.82, 2.24) is 4.98 Å². The third kappa shape index (κ3) is 2.82. The standard InChI is InChI=1S/C14H8F4N2S/c15-10-6-5-8(7-9(10)14(16,17)18)19-13-20-11-3-1-2-4-12(11)21-13/h1-7H,(H,19,20). The molecule has 0 saturated carbocycles. The number of fused-ring (bicyclic) bond motifs is 1. The number of alkyl halides is 3. The molecule has 21 heavy (non-hydrogen) atoms. The fraction of sp³-hybridized carbons (Fsp3) is 0.0714. The lowest BCUT2D eigenvalue weighted by Crippen LogP contribution is -2.08. The van der Waals surface area contributed by atoms with Gasteiger partial charge in [0.15, 0.2) is 5.13 Å². The van der Waals surface area contributed by atoms with E-state index in [2.05, 4.69) is 10.3 Å². The molecule has 0 bridgehead atoms. The van der Waals surface area contributed by atoms with Gasteiger partial charge in [0.1, 0.15) is 5.82 Å². The summed E-state index contributed by atoms with van der Waals surface area (Å²) in [6.07, 6.45) is -4.73. The minimum Gasteiger partial charge on any atom is -0.332 e. The highest BCUT2D eigenvalue weighted by molar-refractivity contribution is 7.22. The zero-order valence-corrected chi connectivity index (χ0v) is 11.2. The zero-order valence-electron chi connectivity index (χ0n) is 10.4. The largest absolute Gasteiger partial charge is 0.419 e. The van der Waals surface area contributed by atoms with Crippen LogP contribution in [0.25, 0.3) is 10.2 Å². The first kappa shape index (κ1) is 13.8. The number of thiazole rings is 1. The van der Waals surface area contributed by atoms with Gasteiger partial charge in [-0.05, 0) is 30.3 Å². The molecule has 3 aromatic rings. The minimum atomic E-state index is -4.73. The maximum absolute atomic E-state index is 13.2. The number of para-hydroxylation sites is 1. The van der Waals surface area contributed by atoms with Crippen molar-refractivity contribution in [3.05, 3.63) is 53.8 Å². The van der Waals surface area contributed by atoms with Gasteiger partial charge in [-0.15, -0.1) is 0 Å². The van der Waals surface area contributed by atoms with Gasteiger partial charge in [-0.25, -0.2) is 9.37 Å². The van der Waals surface area contributed by atoms with E-state index in [0.29, 0.717) is 5.13 Å². The Morgan fingerprint density at radius 1 is 1.05 bits per heavy atom. The molecule has 108 valence electrons. The Bertz CT molecular complexity index is 762. The van der Waals surface area contributed by atoms with E-state index in [1.807, 2.05) is 24.3 Å². The van der Waals surface area contributed by atoms with Gasteiger partial charge in [0.2, 0.25) is 0 Å². The summed E-state index contributed by atoms with van der Waals surface area (Å²) in [5.74, 6) is -1.29. The number of aromatic nitrogens is 1. The van der Waals surface area contributed by atoms with Crippen LogP contribution in [-0.4, -0.2) is 4.98 Å². The van der Waals surface area contributed by atoms with Gasteiger partial charge in [0.05, 0.1) is 15.8 Å². The highest BCUT2D eigenvalue weighted by atomic mass is 32.1. The van der Waals surface area contributed by atoms with Crippen LogP contribution in [0.5, 0.6) is 0 Å². The van der Waals surface area contributed by atoms with Crippen molar-refractivity contribution in [3.63, 3.8) is 0 Å². The second-order valence-corrected chi connectivity index (χ2v) is 5.33. The van der Waals surface area contributed by atoms with Crippen molar-refractivity contribution in [2.24, 2.45) is 0 Å². The predicted octanol–water partition coefficient (Wildman–Crippen LogP) is 5.20. The molecule has 1 N–H and O–H groups in total. The van der Waals surface area contributed by atoms with Crippen molar-refractivity contribution in [3.8, 4) is 0 Å². The van der Waals surface area contributed by atoms with Crippen LogP contribution in [0.4, 0.5) is 28.4 Å². The lowest BCUT2D eigenvalue weighted by atomic mass is 10.2. The Balaban J connectivity index is 1.94. The van der Waals surface area contributed by atoms with E-state index < -0.39 is 17.6 Å². The van der Waals surface area contributed by atoms with Gasteiger partial charge >= 0.3 is 6.18 Å². The molecule has 2 nitrogen and oxygen atoms in total. The van der Waals surface area contributed by atoms with Crippen LogP contribution >= 0.6 is 11.3 Å². The summed E-state index contributed by atoms with van der Waals surface area (Å²) in [6, 6.07) is 10.1. The molecular weight excluding hydrogens is 304 g/mol. The molecular formula is C14H8F4N2S. The first-order chi connectivity index (χ1) is 9.93. The number of hydrogen-bond donors (Lipinski definition) is 1. The van der Waals surface area contributed by atoms with Gasteiger partial charge in [0.25, 0.3) is 0 Å². The third-order valence-corrected chi connectivity index (χ3v) is 3.77. The van der Waals surface area contributed by atoms with Gasteiger partial charge in [-0.3, -0.25) is 0 Å². The summed E-state index contributed by atoms with van der Waals surface area (Å²) < 4.78 is 52.1. The smallest absolute Gasteiger partial charge is 0.332 e. The highest BCUT2D eigenvalue weighted by Crippen LogP contribution is 2.34. The second-order valence-electron chi connectivity index (χ2n) is 4.30. The van der Waals surface area contributed by atoms with Gasteiger partial charge in [-0.1, -0.05) is 23.5 Å². The summed E-state index contributed by atoms with van der Waals surface area (Å²) >= 11 is 1.31. The summed E-state index contributed by atoms with van der Waals surface area (Å²) in [7, 11) is 0. The molecule has 0 aliphatic rings. The number of hydrogen-bond acceptors (Lipinski definition) is 3. The van der Waals surface area contributed by atoms with Crippen molar-refractivity contribution in [2.75, 3.05) is 5.32 Å². The van der Waals surface area contributed by atoms with Gasteiger partial charge in [0, 0.05) is 5.69 Å². The molecule has 1 aromatic heterocycles. The topological polar surface area (TPSA) is 24.9 Å². The Morgan fingerprint density at radius 3 is 2.52 bits per heavy atom. The van der Waals surface area contributed by atoms with Crippen LogP contribution in [-0.2, 0) is 6.18 Å². The van der Waals surface area contributed by atoms with E-state index in [1.54, 1.807) is 0 Å². The fourth-order valence-electron chi connectivity index (χ4n) is 1.87. The summed E-state index contributed by atoms with van der Waals surface area (Å²) in [6.45, 7) is 0. The van der Waals surface area contributed by atoms with Crippen molar-refractivity contribution < 1.29 is 17.6 Å². The number of halogens is 4. The third-order valence-electron chi connectivity index (χ3n) is 2.82. The first-order valence-electron chi connectivity index (χ1n) is 5.93. The Morgan fingerprint density at radius 2 is 1.81 bits per heavy atom. The number of nitrogens with one attached hydrogen (secondary N) is 1. The lowest BCUT2D eigenvalue weighted by molar-refractivity contribution is -0.139. The average Bonchev–Trinajstić information content (AvgIpc) is 2.82. The molecule has 3 rings (SSSR count). The molecule has 2 aromatic carbocycles. The maximum Gasteiger partial charge on any atom is 0.419 e. The molecule has 0 atom stereocenters. The van der Waals surface area contributed by atoms with E-state index in [4.69, 9.17) is 0 Å². The lowest BCUT2D eigenvalue weighted by Gasteiger charge is -2.10. The van der Waals surface area contributed by atoms with Crippen LogP contribution < -0.4 is 5.32 Å². The second kappa shape index (κ2) is 5.00. The fourth-order valence-corrected chi connectivity index (χ4v) is 2.76. The quantitative estimate of drug-likeness (QED) is 0.658. The van der Waals surface area contributed by atoms with Crippen molar-refractivity contribution in [2.45, 2.75) is 6.18 Å². The van der Waals surface area contributed by atoms with E-state index >= 15 is 0 Å². The average molecular weight is 312 g/mol. The molecule has 0 unspecified atom stereocenters. The summed E-state index contributed by atoms with van der Waals surface area (Å²) in [5.41, 5.74) is -0.403. The molecule has 0 saturated heterocycles. The van der Waals surface area contributed by atoms with Crippen LogP contribution in [0.2, 0.25) is 0 Å². The number of benzene rings is 2. The molecule has 0 spiro atoms. The molecule has 1 heterocycles. The van der Waals surface area contributed by atoms with E-state index in [1.165, 1.54) is 17.4 Å². The Hall–Kier alpha value is -2.15. The van der Waals surface area contributed by atoms with E-state index in [-0.39, 0.29) is 5.69 Å². The van der Waals surface area contributed by atoms with Crippen molar-refractivity contribution in [1.29, 1.82) is 0 Å². The molecule has 0 amide bonds. The van der Waals surface area contributed by atoms with Crippen LogP contribution in [0.3, 0.4) is 0 Å². The zero-order chi connectivity index (χ0) is 15.0. The molecule has 7 heteroatoms. The monoisotopic (exact) mass is 312 g/mol. The molecule has 0 aliphatic heterocycles. The summed E-state index contributed by atoms with van der Waals surface area (Å²) in [4.78, 5) is 4.25. The maximum atomic E-state index is 13.2. The normalized spacial score (nSPS) is 11.8. The van der Waals surface area contributed by atoms with E-state index in [9.17, 15) is 17.6 Å². The number of nitrogens with zero attached hydrogens (tertiary/aromatic N) is 1. The predicted molar refractivity (Wildman–Crippen MR) is 74.3 cm³/mol. The number of rotatable bonds is 2. The molecule has 0 radical (unpaired) electrons. The Kier molecular flexibility index (Phi) is 3.29. The van der Waals surface area contributed by atoms with E-state index in [0.717, 1.165) is 22.3 Å². The van der Waals surface area contributed by atoms with Crippen LogP contribution in [0.15, 0.2) is 42.5 Å². The Labute approximate surface area is 121 Å². The van der Waals surface area contributed by atoms with Crippen LogP contribution in [0.1, 0.15) is 5.56 Å².